The molecule has 3 aromatic rings. The van der Waals surface area contributed by atoms with E-state index in [-0.39, 0.29) is 30.8 Å². The minimum atomic E-state index is -0.760. The molecule has 0 spiro atoms. The van der Waals surface area contributed by atoms with E-state index in [0.717, 1.165) is 11.1 Å². The molecular weight excluding hydrogens is 547 g/mol. The van der Waals surface area contributed by atoms with E-state index in [0.29, 0.717) is 53.2 Å². The van der Waals surface area contributed by atoms with Crippen molar-refractivity contribution in [1.82, 2.24) is 10.2 Å². The van der Waals surface area contributed by atoms with E-state index in [1.807, 2.05) is 76.2 Å². The van der Waals surface area contributed by atoms with Crippen molar-refractivity contribution in [3.63, 3.8) is 0 Å². The molecule has 8 heteroatoms. The molecule has 0 bridgehead atoms. The van der Waals surface area contributed by atoms with Gasteiger partial charge in [0.1, 0.15) is 6.04 Å². The molecule has 40 heavy (non-hydrogen) atoms. The van der Waals surface area contributed by atoms with Crippen LogP contribution in [0, 0.1) is 0 Å². The number of carbonyl (C=O) groups excluding carboxylic acids is 2. The molecule has 2 amide bonds. The molecule has 6 nitrogen and oxygen atoms in total. The Morgan fingerprint density at radius 2 is 1.50 bits per heavy atom. The van der Waals surface area contributed by atoms with E-state index in [1.54, 1.807) is 23.1 Å². The van der Waals surface area contributed by atoms with Crippen LogP contribution in [0.5, 0.6) is 11.5 Å². The van der Waals surface area contributed by atoms with Crippen LogP contribution in [-0.4, -0.2) is 42.0 Å². The third-order valence-corrected chi connectivity index (χ3v) is 7.04. The topological polar surface area (TPSA) is 67.9 Å². The molecule has 0 saturated carbocycles. The highest BCUT2D eigenvalue weighted by molar-refractivity contribution is 6.36. The predicted molar refractivity (Wildman–Crippen MR) is 161 cm³/mol. The summed E-state index contributed by atoms with van der Waals surface area (Å²) in [7, 11) is 0. The van der Waals surface area contributed by atoms with Gasteiger partial charge in [-0.05, 0) is 69.5 Å². The van der Waals surface area contributed by atoms with Crippen molar-refractivity contribution in [2.24, 2.45) is 0 Å². The second kappa shape index (κ2) is 15.5. The standard InChI is InChI=1S/C32H38Cl2N2O4/c1-5-39-29-17-15-24(20-30(29)40-6-2)16-18-31(37)36(21-25-26(33)13-10-14-27(25)34)28(32(38)35-22(3)4)19-23-11-8-7-9-12-23/h7-15,17,20,22,28H,5-6,16,18-19,21H2,1-4H3,(H,35,38)/t28-/m1/s1. The average Bonchev–Trinajstić information content (AvgIpc) is 2.92. The first-order chi connectivity index (χ1) is 19.2. The predicted octanol–water partition coefficient (Wildman–Crippen LogP) is 6.89. The number of hydrogen-bond donors (Lipinski definition) is 1. The van der Waals surface area contributed by atoms with Gasteiger partial charge >= 0.3 is 0 Å². The highest BCUT2D eigenvalue weighted by Gasteiger charge is 2.31. The SMILES string of the molecule is CCOc1ccc(CCC(=O)N(Cc2c(Cl)cccc2Cl)[C@H](Cc2ccccc2)C(=O)NC(C)C)cc1OCC. The number of halogens is 2. The second-order valence-electron chi connectivity index (χ2n) is 9.74. The zero-order chi connectivity index (χ0) is 29.1. The molecule has 1 N–H and O–H groups in total. The fourth-order valence-corrected chi connectivity index (χ4v) is 4.95. The average molecular weight is 586 g/mol. The summed E-state index contributed by atoms with van der Waals surface area (Å²) >= 11 is 13.0. The number of nitrogens with one attached hydrogen (secondary N) is 1. The second-order valence-corrected chi connectivity index (χ2v) is 10.6. The zero-order valence-corrected chi connectivity index (χ0v) is 25.1. The number of amides is 2. The van der Waals surface area contributed by atoms with Crippen LogP contribution >= 0.6 is 23.2 Å². The first-order valence-corrected chi connectivity index (χ1v) is 14.4. The monoisotopic (exact) mass is 584 g/mol. The quantitative estimate of drug-likeness (QED) is 0.224. The van der Waals surface area contributed by atoms with Crippen LogP contribution in [0.15, 0.2) is 66.7 Å². The van der Waals surface area contributed by atoms with E-state index >= 15 is 0 Å². The normalized spacial score (nSPS) is 11.7. The number of benzene rings is 3. The molecule has 0 aliphatic heterocycles. The number of nitrogens with zero attached hydrogens (tertiary/aromatic N) is 1. The molecule has 0 aliphatic rings. The Bertz CT molecular complexity index is 1250. The van der Waals surface area contributed by atoms with Gasteiger partial charge in [-0.25, -0.2) is 0 Å². The highest BCUT2D eigenvalue weighted by atomic mass is 35.5. The minimum Gasteiger partial charge on any atom is -0.490 e. The Kier molecular flexibility index (Phi) is 12.2. The van der Waals surface area contributed by atoms with Gasteiger partial charge < -0.3 is 19.7 Å². The van der Waals surface area contributed by atoms with Crippen molar-refractivity contribution in [2.45, 2.75) is 65.6 Å². The van der Waals surface area contributed by atoms with Gasteiger partial charge in [0, 0.05) is 41.0 Å². The number of hydrogen-bond acceptors (Lipinski definition) is 4. The molecule has 0 fully saturated rings. The Balaban J connectivity index is 1.94. The Morgan fingerprint density at radius 3 is 2.12 bits per heavy atom. The van der Waals surface area contributed by atoms with Crippen molar-refractivity contribution in [1.29, 1.82) is 0 Å². The fourth-order valence-electron chi connectivity index (χ4n) is 4.43. The van der Waals surface area contributed by atoms with E-state index in [2.05, 4.69) is 5.32 Å². The molecule has 0 unspecified atom stereocenters. The third kappa shape index (κ3) is 8.90. The summed E-state index contributed by atoms with van der Waals surface area (Å²) in [5.74, 6) is 0.910. The zero-order valence-electron chi connectivity index (χ0n) is 23.6. The van der Waals surface area contributed by atoms with Crippen LogP contribution in [0.2, 0.25) is 10.0 Å². The summed E-state index contributed by atoms with van der Waals surface area (Å²) in [4.78, 5) is 29.1. The van der Waals surface area contributed by atoms with E-state index in [9.17, 15) is 9.59 Å². The van der Waals surface area contributed by atoms with Crippen molar-refractivity contribution >= 4 is 35.0 Å². The van der Waals surface area contributed by atoms with Crippen LogP contribution in [0.4, 0.5) is 0 Å². The lowest BCUT2D eigenvalue weighted by molar-refractivity contribution is -0.141. The molecule has 0 saturated heterocycles. The third-order valence-electron chi connectivity index (χ3n) is 6.33. The number of aryl methyl sites for hydroxylation is 1. The molecule has 3 aromatic carbocycles. The first-order valence-electron chi connectivity index (χ1n) is 13.7. The minimum absolute atomic E-state index is 0.0903. The summed E-state index contributed by atoms with van der Waals surface area (Å²) in [6.45, 7) is 8.77. The number of rotatable bonds is 14. The molecule has 214 valence electrons. The van der Waals surface area contributed by atoms with Crippen LogP contribution in [0.25, 0.3) is 0 Å². The van der Waals surface area contributed by atoms with Crippen molar-refractivity contribution < 1.29 is 19.1 Å². The van der Waals surface area contributed by atoms with Gasteiger partial charge in [0.25, 0.3) is 0 Å². The lowest BCUT2D eigenvalue weighted by Gasteiger charge is -2.32. The maximum absolute atomic E-state index is 13.9. The lowest BCUT2D eigenvalue weighted by Crippen LogP contribution is -2.51. The summed E-state index contributed by atoms with van der Waals surface area (Å²) in [5.41, 5.74) is 2.49. The largest absolute Gasteiger partial charge is 0.490 e. The Morgan fingerprint density at radius 1 is 0.850 bits per heavy atom. The van der Waals surface area contributed by atoms with Crippen LogP contribution in [0.3, 0.4) is 0 Å². The van der Waals surface area contributed by atoms with Gasteiger partial charge in [-0.15, -0.1) is 0 Å². The van der Waals surface area contributed by atoms with E-state index in [1.165, 1.54) is 0 Å². The Labute approximate surface area is 247 Å². The molecule has 0 aromatic heterocycles. The highest BCUT2D eigenvalue weighted by Crippen LogP contribution is 2.30. The number of ether oxygens (including phenoxy) is 2. The van der Waals surface area contributed by atoms with Gasteiger partial charge in [0.2, 0.25) is 11.8 Å². The summed E-state index contributed by atoms with van der Waals surface area (Å²) < 4.78 is 11.4. The summed E-state index contributed by atoms with van der Waals surface area (Å²) in [5, 5.41) is 3.89. The van der Waals surface area contributed by atoms with Crippen LogP contribution in [-0.2, 0) is 29.0 Å². The maximum Gasteiger partial charge on any atom is 0.243 e. The van der Waals surface area contributed by atoms with Gasteiger partial charge in [-0.3, -0.25) is 9.59 Å². The summed E-state index contributed by atoms with van der Waals surface area (Å²) in [6, 6.07) is 19.8. The Hall–Kier alpha value is -3.22. The van der Waals surface area contributed by atoms with Gasteiger partial charge in [-0.1, -0.05) is 65.7 Å². The van der Waals surface area contributed by atoms with Crippen molar-refractivity contribution in [3.05, 3.63) is 93.5 Å². The molecular formula is C32H38Cl2N2O4. The maximum atomic E-state index is 13.9. The van der Waals surface area contributed by atoms with Gasteiger partial charge in [0.05, 0.1) is 13.2 Å². The first kappa shape index (κ1) is 31.3. The summed E-state index contributed by atoms with van der Waals surface area (Å²) in [6.07, 6.45) is 0.995. The van der Waals surface area contributed by atoms with Crippen molar-refractivity contribution in [2.75, 3.05) is 13.2 Å². The van der Waals surface area contributed by atoms with Crippen LogP contribution in [0.1, 0.15) is 50.8 Å². The molecule has 0 heterocycles. The van der Waals surface area contributed by atoms with E-state index < -0.39 is 6.04 Å². The molecule has 3 rings (SSSR count). The van der Waals surface area contributed by atoms with Gasteiger partial charge in [0.15, 0.2) is 11.5 Å². The molecule has 0 aliphatic carbocycles. The number of carbonyl (C=O) groups is 2. The molecule has 1 atom stereocenters. The molecule has 0 radical (unpaired) electrons. The van der Waals surface area contributed by atoms with Crippen LogP contribution < -0.4 is 14.8 Å². The lowest BCUT2D eigenvalue weighted by atomic mass is 10.0. The van der Waals surface area contributed by atoms with E-state index in [4.69, 9.17) is 32.7 Å². The van der Waals surface area contributed by atoms with Gasteiger partial charge in [-0.2, -0.15) is 0 Å². The smallest absolute Gasteiger partial charge is 0.243 e. The fraction of sp³-hybridized carbons (Fsp3) is 0.375. The van der Waals surface area contributed by atoms with Crippen molar-refractivity contribution in [3.8, 4) is 11.5 Å².